The number of benzene rings is 1. The van der Waals surface area contributed by atoms with Crippen molar-refractivity contribution >= 4 is 17.0 Å². The van der Waals surface area contributed by atoms with Crippen molar-refractivity contribution in [2.45, 2.75) is 45.6 Å². The molecule has 2 aliphatic rings. The molecule has 2 aliphatic carbocycles. The Morgan fingerprint density at radius 2 is 1.67 bits per heavy atom. The Bertz CT molecular complexity index is 974. The Hall–Kier alpha value is -2.63. The second-order valence-corrected chi connectivity index (χ2v) is 7.83. The number of aryl methyl sites for hydroxylation is 2. The summed E-state index contributed by atoms with van der Waals surface area (Å²) in [4.78, 5) is 14.3. The molecule has 0 radical (unpaired) electrons. The summed E-state index contributed by atoms with van der Waals surface area (Å²) in [6, 6.07) is 8.53. The molecule has 140 valence electrons. The van der Waals surface area contributed by atoms with Crippen LogP contribution in [-0.2, 0) is 0 Å². The molecule has 3 aromatic rings. The molecule has 27 heavy (non-hydrogen) atoms. The van der Waals surface area contributed by atoms with Crippen molar-refractivity contribution in [1.29, 1.82) is 0 Å². The summed E-state index contributed by atoms with van der Waals surface area (Å²) in [6.07, 6.45) is 5.34. The van der Waals surface area contributed by atoms with Gasteiger partial charge in [0.15, 0.2) is 17.0 Å². The fourth-order valence-electron chi connectivity index (χ4n) is 4.01. The fourth-order valence-corrected chi connectivity index (χ4v) is 4.01. The van der Waals surface area contributed by atoms with E-state index in [1.54, 1.807) is 7.11 Å². The number of anilines is 1. The molecule has 0 bridgehead atoms. The summed E-state index contributed by atoms with van der Waals surface area (Å²) in [7, 11) is 1.68. The third-order valence-corrected chi connectivity index (χ3v) is 5.68. The van der Waals surface area contributed by atoms with Gasteiger partial charge in [0.1, 0.15) is 17.4 Å². The normalized spacial score (nSPS) is 16.9. The highest BCUT2D eigenvalue weighted by Crippen LogP contribution is 2.46. The van der Waals surface area contributed by atoms with Crippen molar-refractivity contribution < 1.29 is 4.74 Å². The molecule has 2 fully saturated rings. The van der Waals surface area contributed by atoms with Crippen molar-refractivity contribution in [1.82, 2.24) is 19.5 Å². The number of fused-ring (bicyclic) bond motifs is 1. The van der Waals surface area contributed by atoms with Crippen LogP contribution in [0.2, 0.25) is 0 Å². The van der Waals surface area contributed by atoms with E-state index in [0.29, 0.717) is 6.04 Å². The average molecular weight is 363 g/mol. The average Bonchev–Trinajstić information content (AvgIpc) is 3.57. The van der Waals surface area contributed by atoms with Crippen LogP contribution in [0.5, 0.6) is 5.75 Å². The molecule has 1 aromatic carbocycles. The van der Waals surface area contributed by atoms with Crippen LogP contribution in [0.25, 0.3) is 16.9 Å². The molecule has 0 atom stereocenters. The number of imidazole rings is 1. The molecule has 0 spiro atoms. The van der Waals surface area contributed by atoms with E-state index in [-0.39, 0.29) is 0 Å². The van der Waals surface area contributed by atoms with Crippen LogP contribution in [0.1, 0.15) is 37.3 Å². The third-order valence-electron chi connectivity index (χ3n) is 5.68. The molecule has 6 nitrogen and oxygen atoms in total. The lowest BCUT2D eigenvalue weighted by Gasteiger charge is -2.18. The van der Waals surface area contributed by atoms with Gasteiger partial charge in [-0.15, -0.1) is 0 Å². The molecule has 2 heterocycles. The standard InChI is InChI=1S/C21H25N5O/c1-12-22-20(25-18(14-4-5-14)15-6-7-15)19-21(23-12)26(13(2)24-19)16-8-10-17(27-3)11-9-16/h8-11,14-15,18H,4-7H2,1-3H3,(H,22,23,25). The second-order valence-electron chi connectivity index (χ2n) is 7.83. The number of methoxy groups -OCH3 is 1. The maximum Gasteiger partial charge on any atom is 0.170 e. The predicted molar refractivity (Wildman–Crippen MR) is 106 cm³/mol. The zero-order chi connectivity index (χ0) is 18.5. The van der Waals surface area contributed by atoms with Crippen molar-refractivity contribution in [2.24, 2.45) is 11.8 Å². The third kappa shape index (κ3) is 3.03. The number of ether oxygens (including phenoxy) is 1. The first kappa shape index (κ1) is 16.5. The minimum atomic E-state index is 0.536. The van der Waals surface area contributed by atoms with Gasteiger partial charge in [-0.1, -0.05) is 0 Å². The van der Waals surface area contributed by atoms with Crippen molar-refractivity contribution in [2.75, 3.05) is 12.4 Å². The molecular weight excluding hydrogens is 338 g/mol. The summed E-state index contributed by atoms with van der Waals surface area (Å²) in [6.45, 7) is 3.97. The molecule has 0 saturated heterocycles. The minimum Gasteiger partial charge on any atom is -0.497 e. The van der Waals surface area contributed by atoms with Gasteiger partial charge in [0.25, 0.3) is 0 Å². The van der Waals surface area contributed by atoms with Crippen LogP contribution < -0.4 is 10.1 Å². The first-order valence-corrected chi connectivity index (χ1v) is 9.78. The highest BCUT2D eigenvalue weighted by atomic mass is 16.5. The first-order chi connectivity index (χ1) is 13.1. The topological polar surface area (TPSA) is 64.9 Å². The molecule has 2 aromatic heterocycles. The predicted octanol–water partition coefficient (Wildman–Crippen LogP) is 4.04. The molecule has 2 saturated carbocycles. The number of rotatable bonds is 6. The van der Waals surface area contributed by atoms with Crippen molar-refractivity contribution in [3.8, 4) is 11.4 Å². The van der Waals surface area contributed by atoms with Crippen LogP contribution in [0.3, 0.4) is 0 Å². The maximum atomic E-state index is 5.28. The monoisotopic (exact) mass is 363 g/mol. The van der Waals surface area contributed by atoms with E-state index in [1.165, 1.54) is 25.7 Å². The Kier molecular flexibility index (Phi) is 3.81. The first-order valence-electron chi connectivity index (χ1n) is 9.78. The number of hydrogen-bond donors (Lipinski definition) is 1. The lowest BCUT2D eigenvalue weighted by Crippen LogP contribution is -2.25. The highest BCUT2D eigenvalue weighted by molar-refractivity contribution is 5.85. The highest BCUT2D eigenvalue weighted by Gasteiger charge is 2.42. The zero-order valence-corrected chi connectivity index (χ0v) is 16.1. The summed E-state index contributed by atoms with van der Waals surface area (Å²) in [5, 5.41) is 3.75. The van der Waals surface area contributed by atoms with Gasteiger partial charge < -0.3 is 10.1 Å². The zero-order valence-electron chi connectivity index (χ0n) is 16.1. The SMILES string of the molecule is COc1ccc(-n2c(C)nc3c(NC(C4CC4)C4CC4)nc(C)nc32)cc1. The van der Waals surface area contributed by atoms with E-state index in [4.69, 9.17) is 19.7 Å². The number of nitrogens with zero attached hydrogens (tertiary/aromatic N) is 4. The van der Waals surface area contributed by atoms with Gasteiger partial charge in [-0.2, -0.15) is 0 Å². The van der Waals surface area contributed by atoms with Crippen molar-refractivity contribution in [3.05, 3.63) is 35.9 Å². The van der Waals surface area contributed by atoms with Crippen LogP contribution in [0.4, 0.5) is 5.82 Å². The van der Waals surface area contributed by atoms with Crippen LogP contribution in [0, 0.1) is 25.7 Å². The molecule has 5 rings (SSSR count). The maximum absolute atomic E-state index is 5.28. The van der Waals surface area contributed by atoms with E-state index >= 15 is 0 Å². The smallest absolute Gasteiger partial charge is 0.170 e. The largest absolute Gasteiger partial charge is 0.497 e. The van der Waals surface area contributed by atoms with Gasteiger partial charge in [-0.3, -0.25) is 4.57 Å². The second kappa shape index (κ2) is 6.22. The lowest BCUT2D eigenvalue weighted by molar-refractivity contribution is 0.414. The van der Waals surface area contributed by atoms with Gasteiger partial charge >= 0.3 is 0 Å². The molecular formula is C21H25N5O. The van der Waals surface area contributed by atoms with Crippen LogP contribution in [-0.4, -0.2) is 32.7 Å². The minimum absolute atomic E-state index is 0.536. The van der Waals surface area contributed by atoms with E-state index in [9.17, 15) is 0 Å². The molecule has 1 N–H and O–H groups in total. The summed E-state index contributed by atoms with van der Waals surface area (Å²) < 4.78 is 7.38. The Labute approximate surface area is 159 Å². The van der Waals surface area contributed by atoms with E-state index in [0.717, 1.165) is 51.9 Å². The van der Waals surface area contributed by atoms with Gasteiger partial charge in [0, 0.05) is 11.7 Å². The van der Waals surface area contributed by atoms with Gasteiger partial charge in [0.2, 0.25) is 0 Å². The van der Waals surface area contributed by atoms with Gasteiger partial charge in [0.05, 0.1) is 7.11 Å². The fraction of sp³-hybridized carbons (Fsp3) is 0.476. The summed E-state index contributed by atoms with van der Waals surface area (Å²) in [5.41, 5.74) is 2.75. The van der Waals surface area contributed by atoms with Crippen LogP contribution in [0.15, 0.2) is 24.3 Å². The van der Waals surface area contributed by atoms with Crippen LogP contribution >= 0.6 is 0 Å². The quantitative estimate of drug-likeness (QED) is 0.716. The van der Waals surface area contributed by atoms with Gasteiger partial charge in [-0.05, 0) is 75.6 Å². The van der Waals surface area contributed by atoms with E-state index in [2.05, 4.69) is 9.88 Å². The Morgan fingerprint density at radius 1 is 1.00 bits per heavy atom. The Morgan fingerprint density at radius 3 is 2.26 bits per heavy atom. The molecule has 6 heteroatoms. The summed E-state index contributed by atoms with van der Waals surface area (Å²) >= 11 is 0. The van der Waals surface area contributed by atoms with E-state index < -0.39 is 0 Å². The number of nitrogens with one attached hydrogen (secondary N) is 1. The van der Waals surface area contributed by atoms with Crippen molar-refractivity contribution in [3.63, 3.8) is 0 Å². The molecule has 0 amide bonds. The number of aromatic nitrogens is 4. The molecule has 0 aliphatic heterocycles. The summed E-state index contributed by atoms with van der Waals surface area (Å²) in [5.74, 6) is 5.00. The number of hydrogen-bond acceptors (Lipinski definition) is 5. The van der Waals surface area contributed by atoms with E-state index in [1.807, 2.05) is 38.1 Å². The van der Waals surface area contributed by atoms with Gasteiger partial charge in [-0.25, -0.2) is 15.0 Å². The molecule has 0 unspecified atom stereocenters. The Balaban J connectivity index is 1.59. The lowest BCUT2D eigenvalue weighted by atomic mass is 10.1.